The van der Waals surface area contributed by atoms with Gasteiger partial charge in [0, 0.05) is 18.9 Å². The molecule has 0 amide bonds. The Bertz CT molecular complexity index is 758. The molecule has 1 fully saturated rings. The maximum Gasteiger partial charge on any atom is 0.421 e. The van der Waals surface area contributed by atoms with Crippen molar-refractivity contribution < 1.29 is 17.9 Å². The van der Waals surface area contributed by atoms with Gasteiger partial charge in [0.15, 0.2) is 5.82 Å². The quantitative estimate of drug-likeness (QED) is 0.735. The Morgan fingerprint density at radius 2 is 1.96 bits per heavy atom. The summed E-state index contributed by atoms with van der Waals surface area (Å²) in [7, 11) is 1.58. The molecule has 1 saturated carbocycles. The van der Waals surface area contributed by atoms with Gasteiger partial charge in [-0.25, -0.2) is 4.98 Å². The third-order valence-corrected chi connectivity index (χ3v) is 4.65. The van der Waals surface area contributed by atoms with Crippen LogP contribution in [-0.4, -0.2) is 23.1 Å². The summed E-state index contributed by atoms with van der Waals surface area (Å²) in [6, 6.07) is 7.39. The Balaban J connectivity index is 1.97. The first-order valence-corrected chi connectivity index (χ1v) is 8.82. The van der Waals surface area contributed by atoms with Crippen LogP contribution in [0.3, 0.4) is 0 Å². The monoisotopic (exact) mass is 365 g/mol. The lowest BCUT2D eigenvalue weighted by atomic mass is 10.1. The van der Waals surface area contributed by atoms with Crippen molar-refractivity contribution in [2.75, 3.05) is 11.9 Å². The van der Waals surface area contributed by atoms with Crippen molar-refractivity contribution in [2.45, 2.75) is 51.3 Å². The lowest BCUT2D eigenvalue weighted by Gasteiger charge is -2.23. The van der Waals surface area contributed by atoms with Gasteiger partial charge in [0.05, 0.1) is 0 Å². The maximum absolute atomic E-state index is 13.5. The highest BCUT2D eigenvalue weighted by molar-refractivity contribution is 5.63. The summed E-state index contributed by atoms with van der Waals surface area (Å²) in [5.41, 5.74) is 0.806. The average Bonchev–Trinajstić information content (AvgIpc) is 3.13. The van der Waals surface area contributed by atoms with Crippen molar-refractivity contribution in [1.29, 1.82) is 0 Å². The lowest BCUT2D eigenvalue weighted by molar-refractivity contribution is -0.137. The van der Waals surface area contributed by atoms with E-state index in [1.54, 1.807) is 13.1 Å². The minimum atomic E-state index is -4.54. The SMILES string of the molecule is CCc1cccc(N(C)c2nc(OC3CCCC3)ncc2C(F)(F)F)c1. The standard InChI is InChI=1S/C19H22F3N3O/c1-3-13-7-6-8-14(11-13)25(2)17-16(19(20,21)22)12-23-18(24-17)26-15-9-4-5-10-15/h6-8,11-12,15H,3-5,9-10H2,1-2H3. The largest absolute Gasteiger partial charge is 0.460 e. The molecule has 0 spiro atoms. The highest BCUT2D eigenvalue weighted by Gasteiger charge is 2.37. The summed E-state index contributed by atoms with van der Waals surface area (Å²) in [5.74, 6) is -0.200. The van der Waals surface area contributed by atoms with Gasteiger partial charge in [-0.15, -0.1) is 0 Å². The molecule has 26 heavy (non-hydrogen) atoms. The topological polar surface area (TPSA) is 38.2 Å². The highest BCUT2D eigenvalue weighted by atomic mass is 19.4. The van der Waals surface area contributed by atoms with E-state index in [1.807, 2.05) is 25.1 Å². The van der Waals surface area contributed by atoms with Gasteiger partial charge in [0.25, 0.3) is 0 Å². The van der Waals surface area contributed by atoms with Crippen molar-refractivity contribution in [3.8, 4) is 6.01 Å². The summed E-state index contributed by atoms with van der Waals surface area (Å²) in [4.78, 5) is 9.34. The van der Waals surface area contributed by atoms with Gasteiger partial charge in [0.1, 0.15) is 11.7 Å². The number of anilines is 2. The van der Waals surface area contributed by atoms with Crippen LogP contribution >= 0.6 is 0 Å². The fourth-order valence-corrected chi connectivity index (χ4v) is 3.13. The summed E-state index contributed by atoms with van der Waals surface area (Å²) >= 11 is 0. The molecule has 0 saturated heterocycles. The molecule has 1 aliphatic carbocycles. The molecular weight excluding hydrogens is 343 g/mol. The molecular formula is C19H22F3N3O. The fraction of sp³-hybridized carbons (Fsp3) is 0.474. The van der Waals surface area contributed by atoms with Crippen molar-refractivity contribution in [3.05, 3.63) is 41.6 Å². The summed E-state index contributed by atoms with van der Waals surface area (Å²) in [5, 5.41) is 0. The van der Waals surface area contributed by atoms with E-state index in [0.717, 1.165) is 43.9 Å². The van der Waals surface area contributed by atoms with E-state index in [0.29, 0.717) is 5.69 Å². The smallest absolute Gasteiger partial charge is 0.421 e. The number of nitrogens with zero attached hydrogens (tertiary/aromatic N) is 3. The molecule has 1 aromatic carbocycles. The molecule has 0 unspecified atom stereocenters. The zero-order chi connectivity index (χ0) is 18.7. The molecule has 0 atom stereocenters. The first kappa shape index (κ1) is 18.5. The molecule has 1 aromatic heterocycles. The van der Waals surface area contributed by atoms with Crippen molar-refractivity contribution in [2.24, 2.45) is 0 Å². The lowest BCUT2D eigenvalue weighted by Crippen LogP contribution is -2.21. The molecule has 1 aliphatic rings. The molecule has 0 bridgehead atoms. The van der Waals surface area contributed by atoms with Gasteiger partial charge in [-0.1, -0.05) is 19.1 Å². The maximum atomic E-state index is 13.5. The Kier molecular flexibility index (Phi) is 5.34. The number of alkyl halides is 3. The third-order valence-electron chi connectivity index (χ3n) is 4.65. The van der Waals surface area contributed by atoms with E-state index in [4.69, 9.17) is 4.74 Å². The van der Waals surface area contributed by atoms with Crippen LogP contribution in [0.2, 0.25) is 0 Å². The zero-order valence-electron chi connectivity index (χ0n) is 14.9. The Labute approximate surface area is 151 Å². The van der Waals surface area contributed by atoms with Crippen LogP contribution in [0.4, 0.5) is 24.7 Å². The van der Waals surface area contributed by atoms with E-state index < -0.39 is 11.7 Å². The third kappa shape index (κ3) is 4.08. The van der Waals surface area contributed by atoms with Gasteiger partial charge in [-0.3, -0.25) is 0 Å². The number of aryl methyl sites for hydroxylation is 1. The second-order valence-electron chi connectivity index (χ2n) is 6.49. The first-order valence-electron chi connectivity index (χ1n) is 8.82. The van der Waals surface area contributed by atoms with Crippen LogP contribution in [0.5, 0.6) is 6.01 Å². The molecule has 0 radical (unpaired) electrons. The summed E-state index contributed by atoms with van der Waals surface area (Å²) in [6.45, 7) is 2.00. The molecule has 1 heterocycles. The van der Waals surface area contributed by atoms with Crippen molar-refractivity contribution in [1.82, 2.24) is 9.97 Å². The van der Waals surface area contributed by atoms with Gasteiger partial charge < -0.3 is 9.64 Å². The predicted molar refractivity (Wildman–Crippen MR) is 93.8 cm³/mol. The predicted octanol–water partition coefficient (Wildman–Crippen LogP) is 5.15. The minimum absolute atomic E-state index is 0.00149. The Morgan fingerprint density at radius 3 is 2.62 bits per heavy atom. The van der Waals surface area contributed by atoms with E-state index in [-0.39, 0.29) is 17.9 Å². The van der Waals surface area contributed by atoms with Crippen LogP contribution < -0.4 is 9.64 Å². The van der Waals surface area contributed by atoms with Crippen molar-refractivity contribution in [3.63, 3.8) is 0 Å². The number of halogens is 3. The van der Waals surface area contributed by atoms with Crippen LogP contribution in [-0.2, 0) is 12.6 Å². The Hall–Kier alpha value is -2.31. The molecule has 0 N–H and O–H groups in total. The van der Waals surface area contributed by atoms with E-state index in [9.17, 15) is 13.2 Å². The number of aromatic nitrogens is 2. The molecule has 0 aliphatic heterocycles. The molecule has 140 valence electrons. The fourth-order valence-electron chi connectivity index (χ4n) is 3.13. The molecule has 4 nitrogen and oxygen atoms in total. The van der Waals surface area contributed by atoms with E-state index in [1.165, 1.54) is 4.90 Å². The average molecular weight is 365 g/mol. The van der Waals surface area contributed by atoms with Crippen LogP contribution in [0.1, 0.15) is 43.7 Å². The highest BCUT2D eigenvalue weighted by Crippen LogP contribution is 2.38. The first-order chi connectivity index (χ1) is 12.4. The van der Waals surface area contributed by atoms with Crippen LogP contribution in [0.15, 0.2) is 30.5 Å². The number of rotatable bonds is 5. The second kappa shape index (κ2) is 7.51. The van der Waals surface area contributed by atoms with Crippen LogP contribution in [0, 0.1) is 0 Å². The van der Waals surface area contributed by atoms with Gasteiger partial charge in [-0.05, 0) is 49.8 Å². The van der Waals surface area contributed by atoms with Crippen molar-refractivity contribution >= 4 is 11.5 Å². The molecule has 7 heteroatoms. The van der Waals surface area contributed by atoms with Gasteiger partial charge in [0.2, 0.25) is 0 Å². The number of hydrogen-bond acceptors (Lipinski definition) is 4. The van der Waals surface area contributed by atoms with E-state index >= 15 is 0 Å². The summed E-state index contributed by atoms with van der Waals surface area (Å²) in [6.07, 6.45) is 0.929. The van der Waals surface area contributed by atoms with E-state index in [2.05, 4.69) is 9.97 Å². The van der Waals surface area contributed by atoms with Gasteiger partial charge >= 0.3 is 12.2 Å². The second-order valence-corrected chi connectivity index (χ2v) is 6.49. The Morgan fingerprint density at radius 1 is 1.23 bits per heavy atom. The van der Waals surface area contributed by atoms with Crippen LogP contribution in [0.25, 0.3) is 0 Å². The number of ether oxygens (including phenoxy) is 1. The zero-order valence-corrected chi connectivity index (χ0v) is 14.9. The number of hydrogen-bond donors (Lipinski definition) is 0. The van der Waals surface area contributed by atoms with Gasteiger partial charge in [-0.2, -0.15) is 18.2 Å². The molecule has 3 rings (SSSR count). The number of benzene rings is 1. The normalized spacial score (nSPS) is 15.3. The minimum Gasteiger partial charge on any atom is -0.460 e. The summed E-state index contributed by atoms with van der Waals surface area (Å²) < 4.78 is 46.1. The molecule has 2 aromatic rings.